The van der Waals surface area contributed by atoms with Crippen LogP contribution in [-0.4, -0.2) is 11.9 Å². The summed E-state index contributed by atoms with van der Waals surface area (Å²) in [6.07, 6.45) is 3.99. The number of rotatable bonds is 3. The second-order valence-corrected chi connectivity index (χ2v) is 8.27. The summed E-state index contributed by atoms with van der Waals surface area (Å²) >= 11 is 3.54. The van der Waals surface area contributed by atoms with Gasteiger partial charge in [-0.3, -0.25) is 4.79 Å². The number of ketones is 1. The monoisotopic (exact) mass is 350 g/mol. The SMILES string of the molecule is CC(=O)c1ccc(OC2CC3CCC2(C)C3(C)C)c(Br)c1. The molecule has 0 N–H and O–H groups in total. The standard InChI is InChI=1S/C18H23BrO2/c1-11(20)12-5-6-15(14(19)9-12)21-16-10-13-7-8-18(16,4)17(13,2)3/h5-6,9,13,16H,7-8,10H2,1-4H3. The summed E-state index contributed by atoms with van der Waals surface area (Å²) in [7, 11) is 0. The molecule has 3 heteroatoms. The molecule has 3 rings (SSSR count). The van der Waals surface area contributed by atoms with Crippen LogP contribution in [0.25, 0.3) is 0 Å². The average Bonchev–Trinajstić information content (AvgIpc) is 2.74. The van der Waals surface area contributed by atoms with Gasteiger partial charge in [0.1, 0.15) is 11.9 Å². The zero-order valence-electron chi connectivity index (χ0n) is 13.2. The smallest absolute Gasteiger partial charge is 0.159 e. The molecule has 0 radical (unpaired) electrons. The Balaban J connectivity index is 1.84. The van der Waals surface area contributed by atoms with Crippen LogP contribution in [0.15, 0.2) is 22.7 Å². The molecule has 2 nitrogen and oxygen atoms in total. The topological polar surface area (TPSA) is 26.3 Å². The van der Waals surface area contributed by atoms with Gasteiger partial charge in [0.15, 0.2) is 5.78 Å². The third kappa shape index (κ3) is 2.16. The van der Waals surface area contributed by atoms with Crippen molar-refractivity contribution >= 4 is 21.7 Å². The van der Waals surface area contributed by atoms with Crippen LogP contribution in [0, 0.1) is 16.7 Å². The zero-order valence-corrected chi connectivity index (χ0v) is 14.8. The van der Waals surface area contributed by atoms with Gasteiger partial charge < -0.3 is 4.74 Å². The molecular formula is C18H23BrO2. The van der Waals surface area contributed by atoms with E-state index in [1.165, 1.54) is 12.8 Å². The first-order valence-corrected chi connectivity index (χ1v) is 8.52. The summed E-state index contributed by atoms with van der Waals surface area (Å²) in [5, 5.41) is 0. The number of carbonyl (C=O) groups excluding carboxylic acids is 1. The van der Waals surface area contributed by atoms with E-state index >= 15 is 0 Å². The Bertz CT molecular complexity index is 593. The van der Waals surface area contributed by atoms with Crippen LogP contribution in [0.3, 0.4) is 0 Å². The molecular weight excluding hydrogens is 328 g/mol. The molecule has 21 heavy (non-hydrogen) atoms. The summed E-state index contributed by atoms with van der Waals surface area (Å²) in [6, 6.07) is 5.63. The summed E-state index contributed by atoms with van der Waals surface area (Å²) in [4.78, 5) is 11.4. The molecule has 0 saturated heterocycles. The van der Waals surface area contributed by atoms with Gasteiger partial charge in [-0.05, 0) is 71.6 Å². The lowest BCUT2D eigenvalue weighted by molar-refractivity contribution is 0.0297. The summed E-state index contributed by atoms with van der Waals surface area (Å²) in [5.41, 5.74) is 1.31. The maximum atomic E-state index is 11.4. The molecule has 0 aliphatic heterocycles. The first-order valence-electron chi connectivity index (χ1n) is 7.73. The molecule has 0 spiro atoms. The fraction of sp³-hybridized carbons (Fsp3) is 0.611. The predicted molar refractivity (Wildman–Crippen MR) is 87.8 cm³/mol. The third-order valence-electron chi connectivity index (χ3n) is 6.32. The first kappa shape index (κ1) is 15.1. The number of ether oxygens (including phenoxy) is 1. The molecule has 2 aliphatic carbocycles. The van der Waals surface area contributed by atoms with Crippen molar-refractivity contribution in [3.63, 3.8) is 0 Å². The Labute approximate surface area is 135 Å². The van der Waals surface area contributed by atoms with Gasteiger partial charge in [-0.1, -0.05) is 20.8 Å². The lowest BCUT2D eigenvalue weighted by Gasteiger charge is -2.39. The summed E-state index contributed by atoms with van der Waals surface area (Å²) < 4.78 is 7.23. The largest absolute Gasteiger partial charge is 0.489 e. The van der Waals surface area contributed by atoms with Gasteiger partial charge in [-0.25, -0.2) is 0 Å². The van der Waals surface area contributed by atoms with Gasteiger partial charge in [0, 0.05) is 11.0 Å². The molecule has 1 aromatic carbocycles. The van der Waals surface area contributed by atoms with Crippen molar-refractivity contribution in [1.29, 1.82) is 0 Å². The number of carbonyl (C=O) groups is 1. The highest BCUT2D eigenvalue weighted by molar-refractivity contribution is 9.10. The molecule has 0 amide bonds. The van der Waals surface area contributed by atoms with E-state index in [1.54, 1.807) is 6.92 Å². The van der Waals surface area contributed by atoms with Crippen LogP contribution in [0.2, 0.25) is 0 Å². The molecule has 0 heterocycles. The number of hydrogen-bond donors (Lipinski definition) is 0. The van der Waals surface area contributed by atoms with E-state index < -0.39 is 0 Å². The van der Waals surface area contributed by atoms with Gasteiger partial charge >= 0.3 is 0 Å². The highest BCUT2D eigenvalue weighted by Crippen LogP contribution is 2.66. The van der Waals surface area contributed by atoms with Crippen LogP contribution in [-0.2, 0) is 0 Å². The van der Waals surface area contributed by atoms with E-state index in [0.29, 0.717) is 11.0 Å². The number of benzene rings is 1. The molecule has 2 fully saturated rings. The van der Waals surface area contributed by atoms with Crippen molar-refractivity contribution in [3.05, 3.63) is 28.2 Å². The minimum absolute atomic E-state index is 0.0790. The molecule has 2 saturated carbocycles. The number of fused-ring (bicyclic) bond motifs is 2. The minimum atomic E-state index is 0.0790. The number of halogens is 1. The van der Waals surface area contributed by atoms with Gasteiger partial charge in [0.05, 0.1) is 4.47 Å². The molecule has 3 atom stereocenters. The van der Waals surface area contributed by atoms with Crippen molar-refractivity contribution in [2.75, 3.05) is 0 Å². The maximum absolute atomic E-state index is 11.4. The second-order valence-electron chi connectivity index (χ2n) is 7.42. The third-order valence-corrected chi connectivity index (χ3v) is 6.94. The first-order chi connectivity index (χ1) is 9.75. The van der Waals surface area contributed by atoms with Crippen molar-refractivity contribution in [2.24, 2.45) is 16.7 Å². The Kier molecular flexibility index (Phi) is 3.47. The summed E-state index contributed by atoms with van der Waals surface area (Å²) in [6.45, 7) is 8.74. The molecule has 3 unspecified atom stereocenters. The van der Waals surface area contributed by atoms with Crippen LogP contribution < -0.4 is 4.74 Å². The lowest BCUT2D eigenvalue weighted by Crippen LogP contribution is -2.38. The van der Waals surface area contributed by atoms with Gasteiger partial charge in [-0.15, -0.1) is 0 Å². The van der Waals surface area contributed by atoms with Gasteiger partial charge in [0.2, 0.25) is 0 Å². The predicted octanol–water partition coefficient (Wildman–Crippen LogP) is 5.25. The lowest BCUT2D eigenvalue weighted by atomic mass is 9.70. The van der Waals surface area contributed by atoms with E-state index in [1.807, 2.05) is 18.2 Å². The Hall–Kier alpha value is -0.830. The van der Waals surface area contributed by atoms with Crippen molar-refractivity contribution in [2.45, 2.75) is 53.1 Å². The van der Waals surface area contributed by atoms with Gasteiger partial charge in [0.25, 0.3) is 0 Å². The highest BCUT2D eigenvalue weighted by atomic mass is 79.9. The summed E-state index contributed by atoms with van der Waals surface area (Å²) in [5.74, 6) is 1.70. The van der Waals surface area contributed by atoms with E-state index in [-0.39, 0.29) is 17.3 Å². The number of Topliss-reactive ketones (excluding diaryl/α,β-unsaturated/α-hetero) is 1. The Morgan fingerprint density at radius 1 is 1.33 bits per heavy atom. The molecule has 2 bridgehead atoms. The fourth-order valence-electron chi connectivity index (χ4n) is 4.28. The zero-order chi connectivity index (χ0) is 15.4. The van der Waals surface area contributed by atoms with E-state index in [9.17, 15) is 4.79 Å². The highest BCUT2D eigenvalue weighted by Gasteiger charge is 2.62. The van der Waals surface area contributed by atoms with Gasteiger partial charge in [-0.2, -0.15) is 0 Å². The van der Waals surface area contributed by atoms with Crippen LogP contribution in [0.1, 0.15) is 57.3 Å². The molecule has 1 aromatic rings. The van der Waals surface area contributed by atoms with E-state index in [0.717, 1.165) is 22.6 Å². The Morgan fingerprint density at radius 2 is 2.05 bits per heavy atom. The quantitative estimate of drug-likeness (QED) is 0.696. The second kappa shape index (κ2) is 4.84. The van der Waals surface area contributed by atoms with Crippen LogP contribution in [0.4, 0.5) is 0 Å². The normalized spacial score (nSPS) is 33.2. The van der Waals surface area contributed by atoms with E-state index in [4.69, 9.17) is 4.74 Å². The maximum Gasteiger partial charge on any atom is 0.159 e. The fourth-order valence-corrected chi connectivity index (χ4v) is 4.75. The molecule has 2 aliphatic rings. The molecule has 0 aromatic heterocycles. The average molecular weight is 351 g/mol. The van der Waals surface area contributed by atoms with Crippen molar-refractivity contribution in [1.82, 2.24) is 0 Å². The van der Waals surface area contributed by atoms with E-state index in [2.05, 4.69) is 36.7 Å². The minimum Gasteiger partial charge on any atom is -0.489 e. The van der Waals surface area contributed by atoms with Crippen LogP contribution in [0.5, 0.6) is 5.75 Å². The Morgan fingerprint density at radius 3 is 2.52 bits per heavy atom. The van der Waals surface area contributed by atoms with Crippen molar-refractivity contribution < 1.29 is 9.53 Å². The molecule has 114 valence electrons. The van der Waals surface area contributed by atoms with Crippen molar-refractivity contribution in [3.8, 4) is 5.75 Å². The number of hydrogen-bond acceptors (Lipinski definition) is 2. The van der Waals surface area contributed by atoms with Crippen LogP contribution >= 0.6 is 15.9 Å².